The second-order valence-corrected chi connectivity index (χ2v) is 5.57. The summed E-state index contributed by atoms with van der Waals surface area (Å²) < 4.78 is 15.6. The molecular formula is C20H17NO6. The number of hydrogen-bond donors (Lipinski definition) is 2. The number of carbonyl (C=O) groups is 2. The van der Waals surface area contributed by atoms with Crippen molar-refractivity contribution in [3.63, 3.8) is 0 Å². The topological polar surface area (TPSA) is 98.0 Å². The number of carboxylic acids is 1. The van der Waals surface area contributed by atoms with E-state index in [9.17, 15) is 9.59 Å². The monoisotopic (exact) mass is 367 g/mol. The first-order chi connectivity index (χ1) is 13.0. The molecule has 2 aromatic carbocycles. The lowest BCUT2D eigenvalue weighted by molar-refractivity contribution is 0.0663. The van der Waals surface area contributed by atoms with Crippen molar-refractivity contribution in [2.75, 3.05) is 19.5 Å². The summed E-state index contributed by atoms with van der Waals surface area (Å²) in [6, 6.07) is 14.7. The Morgan fingerprint density at radius 1 is 0.926 bits per heavy atom. The maximum absolute atomic E-state index is 12.4. The minimum Gasteiger partial charge on any atom is -0.493 e. The summed E-state index contributed by atoms with van der Waals surface area (Å²) in [5.41, 5.74) is 1.71. The van der Waals surface area contributed by atoms with Gasteiger partial charge in [-0.2, -0.15) is 0 Å². The van der Waals surface area contributed by atoms with Gasteiger partial charge in [-0.15, -0.1) is 0 Å². The van der Waals surface area contributed by atoms with Crippen molar-refractivity contribution in [2.24, 2.45) is 0 Å². The van der Waals surface area contributed by atoms with E-state index in [4.69, 9.17) is 19.0 Å². The molecule has 0 aliphatic heterocycles. The number of carbonyl (C=O) groups excluding carboxylic acids is 1. The van der Waals surface area contributed by atoms with E-state index in [0.29, 0.717) is 34.1 Å². The fraction of sp³-hybridized carbons (Fsp3) is 0.100. The molecule has 7 nitrogen and oxygen atoms in total. The van der Waals surface area contributed by atoms with Crippen LogP contribution in [0.25, 0.3) is 11.3 Å². The van der Waals surface area contributed by atoms with Crippen LogP contribution in [0.4, 0.5) is 5.69 Å². The van der Waals surface area contributed by atoms with Crippen molar-refractivity contribution in [1.29, 1.82) is 0 Å². The molecule has 0 unspecified atom stereocenters. The number of benzene rings is 2. The third kappa shape index (κ3) is 3.92. The van der Waals surface area contributed by atoms with Gasteiger partial charge in [0.25, 0.3) is 5.91 Å². The smallest absolute Gasteiger partial charge is 0.371 e. The summed E-state index contributed by atoms with van der Waals surface area (Å²) in [6.45, 7) is 0. The Morgan fingerprint density at radius 2 is 1.63 bits per heavy atom. The largest absolute Gasteiger partial charge is 0.493 e. The molecule has 0 spiro atoms. The predicted molar refractivity (Wildman–Crippen MR) is 98.6 cm³/mol. The van der Waals surface area contributed by atoms with Crippen LogP contribution in [0.1, 0.15) is 20.9 Å². The molecule has 0 fully saturated rings. The molecule has 0 aliphatic rings. The first kappa shape index (κ1) is 18.1. The minimum atomic E-state index is -1.12. The maximum atomic E-state index is 12.4. The summed E-state index contributed by atoms with van der Waals surface area (Å²) in [5.74, 6) is -0.110. The van der Waals surface area contributed by atoms with Crippen LogP contribution in [-0.2, 0) is 0 Å². The molecule has 3 aromatic rings. The highest BCUT2D eigenvalue weighted by Crippen LogP contribution is 2.28. The number of anilines is 1. The van der Waals surface area contributed by atoms with Gasteiger partial charge in [-0.05, 0) is 54.6 Å². The highest BCUT2D eigenvalue weighted by molar-refractivity contribution is 6.04. The van der Waals surface area contributed by atoms with Gasteiger partial charge in [0, 0.05) is 16.8 Å². The summed E-state index contributed by atoms with van der Waals surface area (Å²) >= 11 is 0. The van der Waals surface area contributed by atoms with Crippen LogP contribution in [-0.4, -0.2) is 31.2 Å². The van der Waals surface area contributed by atoms with Crippen molar-refractivity contribution < 1.29 is 28.6 Å². The van der Waals surface area contributed by atoms with Gasteiger partial charge in [-0.25, -0.2) is 4.79 Å². The molecule has 0 bridgehead atoms. The number of ether oxygens (including phenoxy) is 2. The van der Waals surface area contributed by atoms with Gasteiger partial charge in [-0.3, -0.25) is 4.79 Å². The van der Waals surface area contributed by atoms with E-state index < -0.39 is 5.97 Å². The predicted octanol–water partition coefficient (Wildman–Crippen LogP) is 3.91. The zero-order valence-electron chi connectivity index (χ0n) is 14.7. The minimum absolute atomic E-state index is 0.129. The summed E-state index contributed by atoms with van der Waals surface area (Å²) in [6.07, 6.45) is 0. The van der Waals surface area contributed by atoms with Gasteiger partial charge in [0.2, 0.25) is 5.76 Å². The molecular weight excluding hydrogens is 350 g/mol. The molecule has 3 rings (SSSR count). The average molecular weight is 367 g/mol. The van der Waals surface area contributed by atoms with Crippen LogP contribution in [0.2, 0.25) is 0 Å². The van der Waals surface area contributed by atoms with E-state index in [2.05, 4.69) is 5.32 Å². The number of hydrogen-bond acceptors (Lipinski definition) is 5. The molecule has 1 aromatic heterocycles. The van der Waals surface area contributed by atoms with E-state index in [1.54, 1.807) is 48.5 Å². The normalized spacial score (nSPS) is 10.3. The lowest BCUT2D eigenvalue weighted by Crippen LogP contribution is -2.12. The second-order valence-electron chi connectivity index (χ2n) is 5.57. The van der Waals surface area contributed by atoms with Crippen LogP contribution in [0.15, 0.2) is 59.0 Å². The zero-order valence-corrected chi connectivity index (χ0v) is 14.7. The van der Waals surface area contributed by atoms with Crippen LogP contribution < -0.4 is 14.8 Å². The summed E-state index contributed by atoms with van der Waals surface area (Å²) in [4.78, 5) is 23.3. The first-order valence-electron chi connectivity index (χ1n) is 7.98. The lowest BCUT2D eigenvalue weighted by atomic mass is 10.1. The Morgan fingerprint density at radius 3 is 2.22 bits per heavy atom. The van der Waals surface area contributed by atoms with E-state index in [1.807, 2.05) is 0 Å². The number of aromatic carboxylic acids is 1. The Balaban J connectivity index is 1.74. The summed E-state index contributed by atoms with van der Waals surface area (Å²) in [5, 5.41) is 11.7. The third-order valence-electron chi connectivity index (χ3n) is 3.89. The SMILES string of the molecule is COc1ccc(C(=O)Nc2ccc(-c3ccc(C(=O)O)o3)cc2)cc1OC. The number of methoxy groups -OCH3 is 2. The van der Waals surface area contributed by atoms with Crippen molar-refractivity contribution in [2.45, 2.75) is 0 Å². The van der Waals surface area contributed by atoms with Crippen molar-refractivity contribution >= 4 is 17.6 Å². The lowest BCUT2D eigenvalue weighted by Gasteiger charge is -2.10. The Labute approximate surface area is 155 Å². The Kier molecular flexibility index (Phi) is 5.12. The quantitative estimate of drug-likeness (QED) is 0.685. The fourth-order valence-corrected chi connectivity index (χ4v) is 2.51. The van der Waals surface area contributed by atoms with E-state index >= 15 is 0 Å². The number of carboxylic acid groups (broad SMARTS) is 1. The Bertz CT molecular complexity index is 974. The fourth-order valence-electron chi connectivity index (χ4n) is 2.51. The molecule has 1 amide bonds. The molecule has 7 heteroatoms. The Hall–Kier alpha value is -3.74. The van der Waals surface area contributed by atoms with Gasteiger partial charge in [0.05, 0.1) is 14.2 Å². The molecule has 138 valence electrons. The molecule has 27 heavy (non-hydrogen) atoms. The zero-order chi connectivity index (χ0) is 19.4. The molecule has 2 N–H and O–H groups in total. The van der Waals surface area contributed by atoms with Gasteiger partial charge in [0.15, 0.2) is 11.5 Å². The van der Waals surface area contributed by atoms with Crippen molar-refractivity contribution in [3.8, 4) is 22.8 Å². The van der Waals surface area contributed by atoms with E-state index in [0.717, 1.165) is 0 Å². The van der Waals surface area contributed by atoms with Crippen LogP contribution in [0, 0.1) is 0 Å². The average Bonchev–Trinajstić information content (AvgIpc) is 3.18. The van der Waals surface area contributed by atoms with Gasteiger partial charge < -0.3 is 24.3 Å². The van der Waals surface area contributed by atoms with Gasteiger partial charge in [0.1, 0.15) is 5.76 Å². The van der Waals surface area contributed by atoms with Crippen LogP contribution in [0.5, 0.6) is 11.5 Å². The maximum Gasteiger partial charge on any atom is 0.371 e. The molecule has 0 aliphatic carbocycles. The highest BCUT2D eigenvalue weighted by atomic mass is 16.5. The van der Waals surface area contributed by atoms with E-state index in [-0.39, 0.29) is 11.7 Å². The number of nitrogens with one attached hydrogen (secondary N) is 1. The van der Waals surface area contributed by atoms with Crippen LogP contribution in [0.3, 0.4) is 0 Å². The standard InChI is InChI=1S/C20H17NO6/c1-25-16-8-5-13(11-18(16)26-2)19(22)21-14-6-3-12(4-7-14)15-9-10-17(27-15)20(23)24/h3-11H,1-2H3,(H,21,22)(H,23,24). The molecule has 0 saturated carbocycles. The van der Waals surface area contributed by atoms with Crippen molar-refractivity contribution in [1.82, 2.24) is 0 Å². The van der Waals surface area contributed by atoms with Gasteiger partial charge in [-0.1, -0.05) is 0 Å². The first-order valence-corrected chi connectivity index (χ1v) is 7.98. The van der Waals surface area contributed by atoms with E-state index in [1.165, 1.54) is 20.3 Å². The number of furan rings is 1. The molecule has 0 radical (unpaired) electrons. The van der Waals surface area contributed by atoms with Crippen LogP contribution >= 0.6 is 0 Å². The number of rotatable bonds is 6. The highest BCUT2D eigenvalue weighted by Gasteiger charge is 2.12. The third-order valence-corrected chi connectivity index (χ3v) is 3.89. The molecule has 0 saturated heterocycles. The molecule has 1 heterocycles. The number of amides is 1. The summed E-state index contributed by atoms with van der Waals surface area (Å²) in [7, 11) is 3.03. The van der Waals surface area contributed by atoms with Gasteiger partial charge >= 0.3 is 5.97 Å². The molecule has 0 atom stereocenters. The van der Waals surface area contributed by atoms with Crippen molar-refractivity contribution in [3.05, 3.63) is 65.9 Å². The second kappa shape index (κ2) is 7.65.